The number of carbonyl (C=O) groups is 1. The number of nitrogens with one attached hydrogen (secondary N) is 2. The lowest BCUT2D eigenvalue weighted by atomic mass is 10.2. The van der Waals surface area contributed by atoms with Crippen molar-refractivity contribution in [2.75, 3.05) is 11.9 Å². The lowest BCUT2D eigenvalue weighted by Crippen LogP contribution is -2.26. The van der Waals surface area contributed by atoms with Gasteiger partial charge in [-0.05, 0) is 60.0 Å². The molecule has 0 bridgehead atoms. The number of halogens is 1. The third-order valence-corrected chi connectivity index (χ3v) is 6.01. The zero-order valence-electron chi connectivity index (χ0n) is 16.1. The number of anilines is 1. The molecule has 1 amide bonds. The number of rotatable bonds is 8. The Hall–Kier alpha value is -2.93. The molecule has 0 radical (unpaired) electrons. The van der Waals surface area contributed by atoms with E-state index in [0.717, 1.165) is 11.1 Å². The van der Waals surface area contributed by atoms with Gasteiger partial charge in [-0.2, -0.15) is 0 Å². The predicted octanol–water partition coefficient (Wildman–Crippen LogP) is 4.51. The van der Waals surface area contributed by atoms with Gasteiger partial charge in [-0.3, -0.25) is 4.79 Å². The molecule has 30 heavy (non-hydrogen) atoms. The van der Waals surface area contributed by atoms with Gasteiger partial charge in [-0.15, -0.1) is 0 Å². The minimum atomic E-state index is -3.61. The van der Waals surface area contributed by atoms with Gasteiger partial charge < -0.3 is 5.32 Å². The van der Waals surface area contributed by atoms with E-state index in [0.29, 0.717) is 23.7 Å². The van der Waals surface area contributed by atoms with Crippen molar-refractivity contribution in [3.8, 4) is 0 Å². The summed E-state index contributed by atoms with van der Waals surface area (Å²) in [6.07, 6.45) is 3.67. The summed E-state index contributed by atoms with van der Waals surface area (Å²) in [7, 11) is -3.61. The standard InChI is InChI=1S/C23H21ClN2O3S/c24-20-9-6-19(7-10-20)8-15-23(27)26-21-11-13-22(14-12-21)30(28,29)25-17-16-18-4-2-1-3-5-18/h1-15,25H,16-17H2,(H,26,27)/b15-8+. The maximum atomic E-state index is 12.4. The SMILES string of the molecule is O=C(/C=C/c1ccc(Cl)cc1)Nc1ccc(S(=O)(=O)NCCc2ccccc2)cc1. The summed E-state index contributed by atoms with van der Waals surface area (Å²) in [4.78, 5) is 12.2. The Labute approximate surface area is 181 Å². The highest BCUT2D eigenvalue weighted by molar-refractivity contribution is 7.89. The smallest absolute Gasteiger partial charge is 0.248 e. The Bertz CT molecular complexity index is 1110. The molecular formula is C23H21ClN2O3S. The Kier molecular flexibility index (Phi) is 7.41. The number of hydrogen-bond donors (Lipinski definition) is 2. The quantitative estimate of drug-likeness (QED) is 0.506. The van der Waals surface area contributed by atoms with Gasteiger partial charge in [0.2, 0.25) is 15.9 Å². The molecule has 0 aromatic heterocycles. The van der Waals surface area contributed by atoms with E-state index in [2.05, 4.69) is 10.0 Å². The first-order valence-corrected chi connectivity index (χ1v) is 11.2. The molecule has 2 N–H and O–H groups in total. The minimum Gasteiger partial charge on any atom is -0.323 e. The van der Waals surface area contributed by atoms with Crippen molar-refractivity contribution >= 4 is 39.3 Å². The molecule has 0 atom stereocenters. The monoisotopic (exact) mass is 440 g/mol. The van der Waals surface area contributed by atoms with E-state index in [-0.39, 0.29) is 10.8 Å². The molecule has 0 aliphatic rings. The van der Waals surface area contributed by atoms with Crippen molar-refractivity contribution in [3.63, 3.8) is 0 Å². The minimum absolute atomic E-state index is 0.144. The Morgan fingerprint density at radius 3 is 2.23 bits per heavy atom. The van der Waals surface area contributed by atoms with E-state index in [1.807, 2.05) is 30.3 Å². The van der Waals surface area contributed by atoms with Crippen LogP contribution in [0.3, 0.4) is 0 Å². The maximum Gasteiger partial charge on any atom is 0.248 e. The summed E-state index contributed by atoms with van der Waals surface area (Å²) in [5.74, 6) is -0.318. The fourth-order valence-electron chi connectivity index (χ4n) is 2.70. The highest BCUT2D eigenvalue weighted by Gasteiger charge is 2.13. The Morgan fingerprint density at radius 2 is 1.57 bits per heavy atom. The molecule has 0 saturated carbocycles. The van der Waals surface area contributed by atoms with Gasteiger partial charge >= 0.3 is 0 Å². The van der Waals surface area contributed by atoms with E-state index in [1.54, 1.807) is 42.5 Å². The highest BCUT2D eigenvalue weighted by Crippen LogP contribution is 2.15. The van der Waals surface area contributed by atoms with Crippen LogP contribution >= 0.6 is 11.6 Å². The second-order valence-electron chi connectivity index (χ2n) is 6.53. The van der Waals surface area contributed by atoms with Crippen LogP contribution in [-0.2, 0) is 21.2 Å². The van der Waals surface area contributed by atoms with E-state index >= 15 is 0 Å². The van der Waals surface area contributed by atoms with Crippen molar-refractivity contribution in [2.24, 2.45) is 0 Å². The summed E-state index contributed by atoms with van der Waals surface area (Å²) in [5, 5.41) is 3.33. The third-order valence-electron chi connectivity index (χ3n) is 4.28. The summed E-state index contributed by atoms with van der Waals surface area (Å²) >= 11 is 5.83. The summed E-state index contributed by atoms with van der Waals surface area (Å²) in [6.45, 7) is 0.306. The number of benzene rings is 3. The second kappa shape index (κ2) is 10.2. The molecule has 0 aliphatic carbocycles. The van der Waals surface area contributed by atoms with Crippen LogP contribution in [0, 0.1) is 0 Å². The molecule has 0 fully saturated rings. The van der Waals surface area contributed by atoms with Crippen LogP contribution in [0.5, 0.6) is 0 Å². The van der Waals surface area contributed by atoms with Gasteiger partial charge in [0, 0.05) is 23.3 Å². The van der Waals surface area contributed by atoms with E-state index in [9.17, 15) is 13.2 Å². The molecule has 0 unspecified atom stereocenters. The zero-order valence-corrected chi connectivity index (χ0v) is 17.7. The average molecular weight is 441 g/mol. The lowest BCUT2D eigenvalue weighted by molar-refractivity contribution is -0.111. The largest absolute Gasteiger partial charge is 0.323 e. The maximum absolute atomic E-state index is 12.4. The molecule has 0 spiro atoms. The van der Waals surface area contributed by atoms with Gasteiger partial charge in [0.1, 0.15) is 0 Å². The zero-order chi connectivity index (χ0) is 21.4. The number of carbonyl (C=O) groups excluding carboxylic acids is 1. The summed E-state index contributed by atoms with van der Waals surface area (Å²) in [6, 6.07) is 22.8. The van der Waals surface area contributed by atoms with Gasteiger partial charge in [-0.25, -0.2) is 13.1 Å². The molecule has 0 heterocycles. The molecule has 0 aliphatic heterocycles. The molecule has 3 rings (SSSR count). The van der Waals surface area contributed by atoms with E-state index in [1.165, 1.54) is 18.2 Å². The first-order chi connectivity index (χ1) is 14.4. The number of hydrogen-bond acceptors (Lipinski definition) is 3. The fraction of sp³-hybridized carbons (Fsp3) is 0.0870. The van der Waals surface area contributed by atoms with Crippen LogP contribution in [0.25, 0.3) is 6.08 Å². The van der Waals surface area contributed by atoms with Crippen LogP contribution in [0.1, 0.15) is 11.1 Å². The average Bonchev–Trinajstić information content (AvgIpc) is 2.74. The van der Waals surface area contributed by atoms with Gasteiger partial charge in [0.25, 0.3) is 0 Å². The first-order valence-electron chi connectivity index (χ1n) is 9.31. The normalized spacial score (nSPS) is 11.5. The first kappa shape index (κ1) is 21.8. The number of sulfonamides is 1. The van der Waals surface area contributed by atoms with Crippen molar-refractivity contribution < 1.29 is 13.2 Å². The molecule has 7 heteroatoms. The van der Waals surface area contributed by atoms with Gasteiger partial charge in [0.05, 0.1) is 4.90 Å². The fourth-order valence-corrected chi connectivity index (χ4v) is 3.86. The van der Waals surface area contributed by atoms with E-state index < -0.39 is 10.0 Å². The van der Waals surface area contributed by atoms with Gasteiger partial charge in [0.15, 0.2) is 0 Å². The predicted molar refractivity (Wildman–Crippen MR) is 121 cm³/mol. The Morgan fingerprint density at radius 1 is 0.900 bits per heavy atom. The molecular weight excluding hydrogens is 420 g/mol. The van der Waals surface area contributed by atoms with E-state index in [4.69, 9.17) is 11.6 Å². The van der Waals surface area contributed by atoms with Crippen LogP contribution < -0.4 is 10.0 Å². The van der Waals surface area contributed by atoms with Crippen molar-refractivity contribution in [3.05, 3.63) is 101 Å². The van der Waals surface area contributed by atoms with Crippen LogP contribution in [0.15, 0.2) is 89.8 Å². The lowest BCUT2D eigenvalue weighted by Gasteiger charge is -2.08. The third kappa shape index (κ3) is 6.56. The molecule has 3 aromatic carbocycles. The molecule has 3 aromatic rings. The van der Waals surface area contributed by atoms with Crippen molar-refractivity contribution in [2.45, 2.75) is 11.3 Å². The second-order valence-corrected chi connectivity index (χ2v) is 8.74. The topological polar surface area (TPSA) is 75.3 Å². The molecule has 0 saturated heterocycles. The van der Waals surface area contributed by atoms with Gasteiger partial charge in [-0.1, -0.05) is 54.1 Å². The van der Waals surface area contributed by atoms with Crippen molar-refractivity contribution in [1.82, 2.24) is 4.72 Å². The summed E-state index contributed by atoms with van der Waals surface area (Å²) < 4.78 is 27.4. The Balaban J connectivity index is 1.54. The number of amides is 1. The van der Waals surface area contributed by atoms with Crippen LogP contribution in [-0.4, -0.2) is 20.9 Å². The van der Waals surface area contributed by atoms with Crippen LogP contribution in [0.2, 0.25) is 5.02 Å². The van der Waals surface area contributed by atoms with Crippen LogP contribution in [0.4, 0.5) is 5.69 Å². The van der Waals surface area contributed by atoms with Crippen molar-refractivity contribution in [1.29, 1.82) is 0 Å². The highest BCUT2D eigenvalue weighted by atomic mass is 35.5. The summed E-state index contributed by atoms with van der Waals surface area (Å²) in [5.41, 5.74) is 2.41. The molecule has 154 valence electrons. The molecule has 5 nitrogen and oxygen atoms in total.